The van der Waals surface area contributed by atoms with Crippen LogP contribution in [0.25, 0.3) is 0 Å². The van der Waals surface area contributed by atoms with E-state index in [0.29, 0.717) is 12.1 Å². The van der Waals surface area contributed by atoms with E-state index in [2.05, 4.69) is 54.5 Å². The molecule has 1 unspecified atom stereocenters. The second kappa shape index (κ2) is 4.77. The normalized spacial score (nSPS) is 27.9. The zero-order valence-electron chi connectivity index (χ0n) is 9.61. The highest BCUT2D eigenvalue weighted by molar-refractivity contribution is 5.16. The van der Waals surface area contributed by atoms with Crippen molar-refractivity contribution in [2.24, 2.45) is 0 Å². The zero-order chi connectivity index (χ0) is 10.7. The number of hydrogen-bond acceptors (Lipinski definition) is 2. The van der Waals surface area contributed by atoms with E-state index in [4.69, 9.17) is 0 Å². The second-order valence-electron chi connectivity index (χ2n) is 4.68. The van der Waals surface area contributed by atoms with Crippen LogP contribution in [0.1, 0.15) is 12.5 Å². The summed E-state index contributed by atoms with van der Waals surface area (Å²) >= 11 is 0. The van der Waals surface area contributed by atoms with Gasteiger partial charge in [-0.2, -0.15) is 0 Å². The largest absolute Gasteiger partial charge is 0.309 e. The lowest BCUT2D eigenvalue weighted by Gasteiger charge is -2.35. The third kappa shape index (κ3) is 3.05. The van der Waals surface area contributed by atoms with Gasteiger partial charge in [-0.3, -0.25) is 0 Å². The molecule has 2 rings (SSSR count). The van der Waals surface area contributed by atoms with Crippen molar-refractivity contribution in [1.29, 1.82) is 0 Å². The van der Waals surface area contributed by atoms with E-state index >= 15 is 0 Å². The molecule has 1 N–H and O–H groups in total. The minimum Gasteiger partial charge on any atom is -0.309 e. The molecule has 0 radical (unpaired) electrons. The van der Waals surface area contributed by atoms with Crippen LogP contribution in [0.15, 0.2) is 30.3 Å². The molecule has 0 aromatic heterocycles. The van der Waals surface area contributed by atoms with Gasteiger partial charge in [0.2, 0.25) is 0 Å². The molecule has 0 amide bonds. The van der Waals surface area contributed by atoms with Gasteiger partial charge in [0.1, 0.15) is 0 Å². The first-order chi connectivity index (χ1) is 7.24. The highest BCUT2D eigenvalue weighted by atomic mass is 15.2. The van der Waals surface area contributed by atoms with Crippen LogP contribution in [-0.2, 0) is 6.42 Å². The predicted octanol–water partition coefficient (Wildman–Crippen LogP) is 1.52. The summed E-state index contributed by atoms with van der Waals surface area (Å²) in [6.07, 6.45) is 1.13. The Morgan fingerprint density at radius 2 is 2.00 bits per heavy atom. The minimum absolute atomic E-state index is 0.598. The summed E-state index contributed by atoms with van der Waals surface area (Å²) in [6, 6.07) is 11.9. The van der Waals surface area contributed by atoms with Crippen molar-refractivity contribution in [3.8, 4) is 0 Å². The molecule has 1 aliphatic heterocycles. The molecule has 0 aliphatic carbocycles. The van der Waals surface area contributed by atoms with E-state index in [1.165, 1.54) is 5.56 Å². The van der Waals surface area contributed by atoms with E-state index in [-0.39, 0.29) is 0 Å². The Kier molecular flexibility index (Phi) is 3.39. The quantitative estimate of drug-likeness (QED) is 0.786. The zero-order valence-corrected chi connectivity index (χ0v) is 9.61. The highest BCUT2D eigenvalue weighted by Crippen LogP contribution is 2.08. The number of rotatable bonds is 2. The van der Waals surface area contributed by atoms with Crippen LogP contribution in [0.2, 0.25) is 0 Å². The summed E-state index contributed by atoms with van der Waals surface area (Å²) in [5.74, 6) is 0. The first kappa shape index (κ1) is 10.7. The number of nitrogens with one attached hydrogen (secondary N) is 1. The van der Waals surface area contributed by atoms with Crippen LogP contribution in [0.5, 0.6) is 0 Å². The van der Waals surface area contributed by atoms with Crippen molar-refractivity contribution in [3.63, 3.8) is 0 Å². The first-order valence-electron chi connectivity index (χ1n) is 5.72. The van der Waals surface area contributed by atoms with E-state index in [1.807, 2.05) is 0 Å². The maximum absolute atomic E-state index is 3.65. The Balaban J connectivity index is 1.94. The Morgan fingerprint density at radius 1 is 1.27 bits per heavy atom. The maximum Gasteiger partial charge on any atom is 0.0238 e. The molecule has 15 heavy (non-hydrogen) atoms. The summed E-state index contributed by atoms with van der Waals surface area (Å²) in [6.45, 7) is 4.57. The van der Waals surface area contributed by atoms with Crippen LogP contribution in [0.3, 0.4) is 0 Å². The number of nitrogens with zero attached hydrogens (tertiary/aromatic N) is 1. The molecule has 82 valence electrons. The van der Waals surface area contributed by atoms with E-state index in [0.717, 1.165) is 19.5 Å². The fourth-order valence-electron chi connectivity index (χ4n) is 2.45. The summed E-state index contributed by atoms with van der Waals surface area (Å²) in [5.41, 5.74) is 1.43. The second-order valence-corrected chi connectivity index (χ2v) is 4.68. The SMILES string of the molecule is CC1CN(C)C[C@H](Cc2ccccc2)N1. The van der Waals surface area contributed by atoms with Crippen LogP contribution in [0, 0.1) is 0 Å². The third-order valence-corrected chi connectivity index (χ3v) is 2.96. The molecule has 2 nitrogen and oxygen atoms in total. The molecule has 2 heteroatoms. The topological polar surface area (TPSA) is 15.3 Å². The Morgan fingerprint density at radius 3 is 2.67 bits per heavy atom. The Hall–Kier alpha value is -0.860. The lowest BCUT2D eigenvalue weighted by Crippen LogP contribution is -2.54. The van der Waals surface area contributed by atoms with Gasteiger partial charge in [0.15, 0.2) is 0 Å². The standard InChI is InChI=1S/C13H20N2/c1-11-9-15(2)10-13(14-11)8-12-6-4-3-5-7-12/h3-7,11,13-14H,8-10H2,1-2H3/t11?,13-/m0/s1. The Bertz CT molecular complexity index is 287. The monoisotopic (exact) mass is 204 g/mol. The molecular weight excluding hydrogens is 184 g/mol. The van der Waals surface area contributed by atoms with Gasteiger partial charge in [0.25, 0.3) is 0 Å². The van der Waals surface area contributed by atoms with Gasteiger partial charge < -0.3 is 10.2 Å². The smallest absolute Gasteiger partial charge is 0.0238 e. The Labute approximate surface area is 92.3 Å². The average molecular weight is 204 g/mol. The molecule has 1 fully saturated rings. The number of hydrogen-bond donors (Lipinski definition) is 1. The molecule has 1 aromatic rings. The van der Waals surface area contributed by atoms with Crippen LogP contribution in [-0.4, -0.2) is 37.1 Å². The third-order valence-electron chi connectivity index (χ3n) is 2.96. The molecule has 1 aromatic carbocycles. The van der Waals surface area contributed by atoms with E-state index in [1.54, 1.807) is 0 Å². The summed E-state index contributed by atoms with van der Waals surface area (Å²) in [7, 11) is 2.20. The molecule has 0 bridgehead atoms. The van der Waals surface area contributed by atoms with Crippen LogP contribution >= 0.6 is 0 Å². The summed E-state index contributed by atoms with van der Waals surface area (Å²) in [5, 5.41) is 3.65. The highest BCUT2D eigenvalue weighted by Gasteiger charge is 2.21. The molecule has 0 spiro atoms. The molecule has 1 heterocycles. The fraction of sp³-hybridized carbons (Fsp3) is 0.538. The van der Waals surface area contributed by atoms with Crippen molar-refractivity contribution in [1.82, 2.24) is 10.2 Å². The van der Waals surface area contributed by atoms with Gasteiger partial charge in [-0.05, 0) is 26.0 Å². The van der Waals surface area contributed by atoms with E-state index < -0.39 is 0 Å². The van der Waals surface area contributed by atoms with E-state index in [9.17, 15) is 0 Å². The maximum atomic E-state index is 3.65. The predicted molar refractivity (Wildman–Crippen MR) is 64.0 cm³/mol. The number of piperazine rings is 1. The van der Waals surface area contributed by atoms with Gasteiger partial charge in [-0.25, -0.2) is 0 Å². The lowest BCUT2D eigenvalue weighted by atomic mass is 10.0. The number of benzene rings is 1. The van der Waals surface area contributed by atoms with Gasteiger partial charge in [0, 0.05) is 25.2 Å². The van der Waals surface area contributed by atoms with Crippen molar-refractivity contribution in [3.05, 3.63) is 35.9 Å². The van der Waals surface area contributed by atoms with Crippen molar-refractivity contribution >= 4 is 0 Å². The van der Waals surface area contributed by atoms with Crippen LogP contribution in [0.4, 0.5) is 0 Å². The van der Waals surface area contributed by atoms with Crippen molar-refractivity contribution < 1.29 is 0 Å². The van der Waals surface area contributed by atoms with Crippen molar-refractivity contribution in [2.75, 3.05) is 20.1 Å². The summed E-state index contributed by atoms with van der Waals surface area (Å²) < 4.78 is 0. The molecule has 2 atom stereocenters. The molecule has 1 aliphatic rings. The molecule has 1 saturated heterocycles. The lowest BCUT2D eigenvalue weighted by molar-refractivity contribution is 0.199. The van der Waals surface area contributed by atoms with Crippen molar-refractivity contribution in [2.45, 2.75) is 25.4 Å². The summed E-state index contributed by atoms with van der Waals surface area (Å²) in [4.78, 5) is 2.41. The first-order valence-corrected chi connectivity index (χ1v) is 5.72. The van der Waals surface area contributed by atoms with Gasteiger partial charge in [-0.1, -0.05) is 30.3 Å². The number of likely N-dealkylation sites (N-methyl/N-ethyl adjacent to an activating group) is 1. The average Bonchev–Trinajstić information content (AvgIpc) is 2.17. The molecule has 0 saturated carbocycles. The van der Waals surface area contributed by atoms with Gasteiger partial charge in [0.05, 0.1) is 0 Å². The minimum atomic E-state index is 0.598. The van der Waals surface area contributed by atoms with Gasteiger partial charge in [-0.15, -0.1) is 0 Å². The van der Waals surface area contributed by atoms with Crippen LogP contribution < -0.4 is 5.32 Å². The fourth-order valence-corrected chi connectivity index (χ4v) is 2.45. The van der Waals surface area contributed by atoms with Gasteiger partial charge >= 0.3 is 0 Å². The molecular formula is C13H20N2.